The second-order valence-electron chi connectivity index (χ2n) is 8.68. The number of fused-ring (bicyclic) bond motifs is 1. The molecule has 1 saturated carbocycles. The number of halogens is 2. The first-order valence-corrected chi connectivity index (χ1v) is 12.5. The summed E-state index contributed by atoms with van der Waals surface area (Å²) >= 11 is 1.26. The summed E-state index contributed by atoms with van der Waals surface area (Å²) in [6.45, 7) is 3.84. The van der Waals surface area contributed by atoms with Crippen LogP contribution in [-0.4, -0.2) is 23.3 Å². The Morgan fingerprint density at radius 2 is 1.83 bits per heavy atom. The van der Waals surface area contributed by atoms with E-state index in [0.717, 1.165) is 41.7 Å². The van der Waals surface area contributed by atoms with Crippen molar-refractivity contribution >= 4 is 34.2 Å². The lowest BCUT2D eigenvalue weighted by atomic mass is 9.77. The third-order valence-corrected chi connectivity index (χ3v) is 7.49. The second kappa shape index (κ2) is 9.70. The lowest BCUT2D eigenvalue weighted by molar-refractivity contribution is 0.0531. The number of carbonyl (C=O) groups excluding carboxylic acids is 1. The Kier molecular flexibility index (Phi) is 6.47. The molecule has 180 valence electrons. The van der Waals surface area contributed by atoms with Crippen molar-refractivity contribution in [2.75, 3.05) is 11.6 Å². The number of anilines is 1. The molecule has 1 aliphatic carbocycles. The monoisotopic (exact) mass is 493 g/mol. The summed E-state index contributed by atoms with van der Waals surface area (Å²) < 4.78 is 32.3. The van der Waals surface area contributed by atoms with Gasteiger partial charge in [0.1, 0.15) is 16.5 Å². The average molecular weight is 494 g/mol. The van der Waals surface area contributed by atoms with Crippen LogP contribution in [0.25, 0.3) is 6.08 Å². The Bertz CT molecular complexity index is 1300. The van der Waals surface area contributed by atoms with Gasteiger partial charge in [-0.25, -0.2) is 23.6 Å². The Hall–Kier alpha value is -3.39. The number of aromatic nitrogens is 1. The largest absolute Gasteiger partial charge is 0.462 e. The summed E-state index contributed by atoms with van der Waals surface area (Å²) in [6.07, 6.45) is 4.83. The number of esters is 1. The maximum Gasteiger partial charge on any atom is 0.350 e. The van der Waals surface area contributed by atoms with Crippen molar-refractivity contribution in [2.24, 2.45) is 11.0 Å². The van der Waals surface area contributed by atoms with Crippen LogP contribution in [0.3, 0.4) is 0 Å². The molecule has 0 amide bonds. The smallest absolute Gasteiger partial charge is 0.350 e. The SMILES string of the molecule is CCOC(=O)c1sc(N2N=C3C(=Cc4ccc(F)cc4)CCCC3C2c2ccc(F)cc2)nc1C. The number of allylic oxidation sites excluding steroid dienone is 1. The van der Waals surface area contributed by atoms with Gasteiger partial charge in [-0.15, -0.1) is 0 Å². The van der Waals surface area contributed by atoms with Crippen molar-refractivity contribution in [1.82, 2.24) is 4.98 Å². The first-order chi connectivity index (χ1) is 16.9. The molecular weight excluding hydrogens is 468 g/mol. The minimum atomic E-state index is -0.395. The van der Waals surface area contributed by atoms with Gasteiger partial charge in [0.15, 0.2) is 0 Å². The van der Waals surface area contributed by atoms with E-state index in [-0.39, 0.29) is 30.2 Å². The third-order valence-electron chi connectivity index (χ3n) is 6.37. The summed E-state index contributed by atoms with van der Waals surface area (Å²) in [5.41, 5.74) is 4.50. The molecule has 0 radical (unpaired) electrons. The molecule has 0 bridgehead atoms. The highest BCUT2D eigenvalue weighted by atomic mass is 32.1. The normalized spacial score (nSPS) is 20.6. The minimum Gasteiger partial charge on any atom is -0.462 e. The van der Waals surface area contributed by atoms with E-state index in [9.17, 15) is 13.6 Å². The zero-order valence-electron chi connectivity index (χ0n) is 19.5. The number of rotatable bonds is 5. The van der Waals surface area contributed by atoms with E-state index in [1.54, 1.807) is 38.1 Å². The predicted octanol–water partition coefficient (Wildman–Crippen LogP) is 6.71. The zero-order valence-corrected chi connectivity index (χ0v) is 20.3. The molecule has 2 heterocycles. The van der Waals surface area contributed by atoms with Crippen LogP contribution >= 0.6 is 11.3 Å². The number of hydrogen-bond acceptors (Lipinski definition) is 6. The number of carbonyl (C=O) groups is 1. The highest BCUT2D eigenvalue weighted by Crippen LogP contribution is 2.47. The molecule has 0 spiro atoms. The maximum absolute atomic E-state index is 13.7. The lowest BCUT2D eigenvalue weighted by Gasteiger charge is -2.29. The van der Waals surface area contributed by atoms with Crippen LogP contribution in [0.1, 0.15) is 58.7 Å². The highest BCUT2D eigenvalue weighted by molar-refractivity contribution is 7.17. The van der Waals surface area contributed by atoms with E-state index in [2.05, 4.69) is 11.1 Å². The van der Waals surface area contributed by atoms with Gasteiger partial charge in [-0.3, -0.25) is 0 Å². The van der Waals surface area contributed by atoms with Gasteiger partial charge in [0.25, 0.3) is 0 Å². The number of aryl methyl sites for hydroxylation is 1. The summed E-state index contributed by atoms with van der Waals surface area (Å²) in [6, 6.07) is 12.7. The molecule has 5 nitrogen and oxygen atoms in total. The number of hydrazone groups is 1. The van der Waals surface area contributed by atoms with Crippen LogP contribution < -0.4 is 5.01 Å². The van der Waals surface area contributed by atoms with E-state index in [1.165, 1.54) is 35.6 Å². The first-order valence-electron chi connectivity index (χ1n) is 11.7. The summed E-state index contributed by atoms with van der Waals surface area (Å²) in [7, 11) is 0. The third kappa shape index (κ3) is 4.62. The molecule has 2 aromatic carbocycles. The molecule has 1 aliphatic heterocycles. The Morgan fingerprint density at radius 3 is 2.51 bits per heavy atom. The average Bonchev–Trinajstić information content (AvgIpc) is 3.43. The fourth-order valence-corrected chi connectivity index (χ4v) is 5.73. The van der Waals surface area contributed by atoms with Gasteiger partial charge in [-0.2, -0.15) is 5.10 Å². The summed E-state index contributed by atoms with van der Waals surface area (Å²) in [4.78, 5) is 17.6. The van der Waals surface area contributed by atoms with Crippen LogP contribution in [0, 0.1) is 24.5 Å². The van der Waals surface area contributed by atoms with Crippen LogP contribution in [0.5, 0.6) is 0 Å². The lowest BCUT2D eigenvalue weighted by Crippen LogP contribution is -2.28. The molecule has 2 unspecified atom stereocenters. The first kappa shape index (κ1) is 23.4. The van der Waals surface area contributed by atoms with Gasteiger partial charge in [-0.05, 0) is 80.2 Å². The van der Waals surface area contributed by atoms with Gasteiger partial charge in [0.05, 0.1) is 24.1 Å². The summed E-state index contributed by atoms with van der Waals surface area (Å²) in [5, 5.41) is 7.50. The Morgan fingerprint density at radius 1 is 1.14 bits per heavy atom. The van der Waals surface area contributed by atoms with Crippen molar-refractivity contribution < 1.29 is 18.3 Å². The molecule has 35 heavy (non-hydrogen) atoms. The Balaban J connectivity index is 1.58. The number of hydrogen-bond donors (Lipinski definition) is 0. The number of thiazole rings is 1. The predicted molar refractivity (Wildman–Crippen MR) is 134 cm³/mol. The van der Waals surface area contributed by atoms with Gasteiger partial charge < -0.3 is 4.74 Å². The van der Waals surface area contributed by atoms with E-state index in [4.69, 9.17) is 9.84 Å². The fourth-order valence-electron chi connectivity index (χ4n) is 4.78. The quantitative estimate of drug-likeness (QED) is 0.371. The van der Waals surface area contributed by atoms with Crippen molar-refractivity contribution in [3.05, 3.63) is 87.4 Å². The van der Waals surface area contributed by atoms with Gasteiger partial charge in [-0.1, -0.05) is 35.6 Å². The van der Waals surface area contributed by atoms with Crippen molar-refractivity contribution in [3.8, 4) is 0 Å². The van der Waals surface area contributed by atoms with Crippen LogP contribution in [-0.2, 0) is 4.74 Å². The van der Waals surface area contributed by atoms with Crippen LogP contribution in [0.2, 0.25) is 0 Å². The molecule has 1 fully saturated rings. The standard InChI is InChI=1S/C27H25F2N3O2S/c1-3-34-26(33)25-16(2)30-27(35-25)32-24(18-9-13-21(29)14-10-18)22-6-4-5-19(23(22)31-32)15-17-7-11-20(28)12-8-17/h7-15,22,24H,3-6H2,1-2H3. The highest BCUT2D eigenvalue weighted by Gasteiger charge is 2.43. The van der Waals surface area contributed by atoms with Crippen LogP contribution in [0.4, 0.5) is 13.9 Å². The second-order valence-corrected chi connectivity index (χ2v) is 9.66. The molecule has 0 N–H and O–H groups in total. The van der Waals surface area contributed by atoms with Gasteiger partial charge in [0, 0.05) is 5.92 Å². The number of benzene rings is 2. The molecule has 3 aromatic rings. The molecule has 8 heteroatoms. The minimum absolute atomic E-state index is 0.0798. The van der Waals surface area contributed by atoms with Gasteiger partial charge in [0.2, 0.25) is 5.13 Å². The topological polar surface area (TPSA) is 54.8 Å². The Labute approximate surface area is 206 Å². The molecule has 5 rings (SSSR count). The van der Waals surface area contributed by atoms with Crippen molar-refractivity contribution in [2.45, 2.75) is 39.2 Å². The van der Waals surface area contributed by atoms with Gasteiger partial charge >= 0.3 is 5.97 Å². The van der Waals surface area contributed by atoms with E-state index >= 15 is 0 Å². The summed E-state index contributed by atoms with van der Waals surface area (Å²) in [5.74, 6) is -0.884. The van der Waals surface area contributed by atoms with E-state index in [1.807, 2.05) is 5.01 Å². The number of nitrogens with zero attached hydrogens (tertiary/aromatic N) is 3. The fraction of sp³-hybridized carbons (Fsp3) is 0.296. The van der Waals surface area contributed by atoms with E-state index in [0.29, 0.717) is 15.7 Å². The van der Waals surface area contributed by atoms with Crippen LogP contribution in [0.15, 0.2) is 59.2 Å². The molecular formula is C27H25F2N3O2S. The molecule has 2 atom stereocenters. The van der Waals surface area contributed by atoms with E-state index < -0.39 is 5.97 Å². The zero-order chi connectivity index (χ0) is 24.5. The molecule has 2 aliphatic rings. The molecule has 1 aromatic heterocycles. The van der Waals surface area contributed by atoms with Crippen molar-refractivity contribution in [1.29, 1.82) is 0 Å². The maximum atomic E-state index is 13.7. The number of ether oxygens (including phenoxy) is 1. The van der Waals surface area contributed by atoms with Crippen molar-refractivity contribution in [3.63, 3.8) is 0 Å². The molecule has 0 saturated heterocycles.